The Hall–Kier alpha value is -1.09. The minimum absolute atomic E-state index is 0.0493. The summed E-state index contributed by atoms with van der Waals surface area (Å²) in [6, 6.07) is 4.83. The van der Waals surface area contributed by atoms with E-state index in [1.807, 2.05) is 13.1 Å². The Bertz CT molecular complexity index is 353. The van der Waals surface area contributed by atoms with Gasteiger partial charge in [-0.25, -0.2) is 4.98 Å². The highest BCUT2D eigenvalue weighted by Crippen LogP contribution is 2.21. The fraction of sp³-hybridized carbons (Fsp3) is 0.688. The average molecular weight is 263 g/mol. The molecule has 0 aliphatic rings. The number of nitrogens with two attached hydrogens (primary N) is 1. The fourth-order valence-corrected chi connectivity index (χ4v) is 2.39. The van der Waals surface area contributed by atoms with E-state index >= 15 is 0 Å². The second-order valence-corrected chi connectivity index (χ2v) is 5.75. The standard InChI is InChI=1S/C16H29N3/c1-6-15(7-2)19(11-12(3)4)16-9-8-14(10-18-16)13(5)17/h8-10,12-13,15H,6-7,11,17H2,1-5H3. The van der Waals surface area contributed by atoms with Crippen LogP contribution in [0, 0.1) is 5.92 Å². The van der Waals surface area contributed by atoms with Crippen LogP contribution in [0.5, 0.6) is 0 Å². The Morgan fingerprint density at radius 3 is 2.16 bits per heavy atom. The highest BCUT2D eigenvalue weighted by atomic mass is 15.2. The van der Waals surface area contributed by atoms with E-state index in [0.717, 1.165) is 30.8 Å². The molecule has 0 bridgehead atoms. The van der Waals surface area contributed by atoms with Crippen molar-refractivity contribution in [3.63, 3.8) is 0 Å². The molecule has 0 saturated heterocycles. The average Bonchev–Trinajstić information content (AvgIpc) is 2.38. The van der Waals surface area contributed by atoms with Gasteiger partial charge in [0.2, 0.25) is 0 Å². The van der Waals surface area contributed by atoms with Crippen molar-refractivity contribution in [1.29, 1.82) is 0 Å². The first-order valence-electron chi connectivity index (χ1n) is 7.47. The second kappa shape index (κ2) is 7.49. The third-order valence-electron chi connectivity index (χ3n) is 3.54. The van der Waals surface area contributed by atoms with E-state index in [1.165, 1.54) is 0 Å². The highest BCUT2D eigenvalue weighted by molar-refractivity contribution is 5.41. The minimum atomic E-state index is 0.0493. The molecule has 3 heteroatoms. The number of aromatic nitrogens is 1. The first kappa shape index (κ1) is 16.0. The summed E-state index contributed by atoms with van der Waals surface area (Å²) in [6.07, 6.45) is 4.22. The maximum Gasteiger partial charge on any atom is 0.128 e. The van der Waals surface area contributed by atoms with Gasteiger partial charge in [-0.15, -0.1) is 0 Å². The van der Waals surface area contributed by atoms with Gasteiger partial charge in [0.15, 0.2) is 0 Å². The number of hydrogen-bond acceptors (Lipinski definition) is 3. The van der Waals surface area contributed by atoms with E-state index in [9.17, 15) is 0 Å². The van der Waals surface area contributed by atoms with E-state index in [-0.39, 0.29) is 6.04 Å². The van der Waals surface area contributed by atoms with E-state index in [0.29, 0.717) is 12.0 Å². The molecule has 1 atom stereocenters. The number of rotatable bonds is 7. The van der Waals surface area contributed by atoms with Crippen molar-refractivity contribution in [1.82, 2.24) is 4.98 Å². The summed E-state index contributed by atoms with van der Waals surface area (Å²) < 4.78 is 0. The molecule has 0 aromatic carbocycles. The lowest BCUT2D eigenvalue weighted by Gasteiger charge is -2.33. The van der Waals surface area contributed by atoms with Crippen LogP contribution in [0.25, 0.3) is 0 Å². The third kappa shape index (κ3) is 4.50. The lowest BCUT2D eigenvalue weighted by atomic mass is 10.1. The molecule has 0 radical (unpaired) electrons. The molecule has 0 saturated carbocycles. The Morgan fingerprint density at radius 2 is 1.79 bits per heavy atom. The van der Waals surface area contributed by atoms with Crippen molar-refractivity contribution >= 4 is 5.82 Å². The Balaban J connectivity index is 2.96. The van der Waals surface area contributed by atoms with Crippen LogP contribution < -0.4 is 10.6 Å². The smallest absolute Gasteiger partial charge is 0.128 e. The van der Waals surface area contributed by atoms with Crippen LogP contribution in [0.1, 0.15) is 59.1 Å². The number of anilines is 1. The maximum atomic E-state index is 5.88. The normalized spacial score (nSPS) is 13.1. The summed E-state index contributed by atoms with van der Waals surface area (Å²) >= 11 is 0. The Kier molecular flexibility index (Phi) is 6.29. The maximum absolute atomic E-state index is 5.88. The van der Waals surface area contributed by atoms with Gasteiger partial charge < -0.3 is 10.6 Å². The molecule has 19 heavy (non-hydrogen) atoms. The van der Waals surface area contributed by atoms with E-state index in [2.05, 4.69) is 49.7 Å². The lowest BCUT2D eigenvalue weighted by Crippen LogP contribution is -2.38. The van der Waals surface area contributed by atoms with Crippen LogP contribution in [0.15, 0.2) is 18.3 Å². The molecule has 108 valence electrons. The quantitative estimate of drug-likeness (QED) is 0.814. The van der Waals surface area contributed by atoms with E-state index in [4.69, 9.17) is 5.73 Å². The van der Waals surface area contributed by atoms with Gasteiger partial charge in [0.25, 0.3) is 0 Å². The number of nitrogens with zero attached hydrogens (tertiary/aromatic N) is 2. The molecule has 1 heterocycles. The third-order valence-corrected chi connectivity index (χ3v) is 3.54. The van der Waals surface area contributed by atoms with Crippen molar-refractivity contribution in [2.45, 2.75) is 59.5 Å². The zero-order valence-corrected chi connectivity index (χ0v) is 13.1. The van der Waals surface area contributed by atoms with Gasteiger partial charge in [0.1, 0.15) is 5.82 Å². The van der Waals surface area contributed by atoms with Crippen LogP contribution in [-0.4, -0.2) is 17.6 Å². The topological polar surface area (TPSA) is 42.1 Å². The molecule has 0 spiro atoms. The summed E-state index contributed by atoms with van der Waals surface area (Å²) in [5, 5.41) is 0. The second-order valence-electron chi connectivity index (χ2n) is 5.75. The first-order chi connectivity index (χ1) is 8.99. The van der Waals surface area contributed by atoms with E-state index < -0.39 is 0 Å². The van der Waals surface area contributed by atoms with Crippen molar-refractivity contribution in [3.05, 3.63) is 23.9 Å². The number of hydrogen-bond donors (Lipinski definition) is 1. The monoisotopic (exact) mass is 263 g/mol. The SMILES string of the molecule is CCC(CC)N(CC(C)C)c1ccc(C(C)N)cn1. The zero-order chi connectivity index (χ0) is 14.4. The molecule has 1 rings (SSSR count). The molecular formula is C16H29N3. The van der Waals surface area contributed by atoms with Crippen molar-refractivity contribution < 1.29 is 0 Å². The molecule has 1 aromatic rings. The van der Waals surface area contributed by atoms with Crippen molar-refractivity contribution in [2.75, 3.05) is 11.4 Å². The molecule has 1 unspecified atom stereocenters. The van der Waals surface area contributed by atoms with Crippen molar-refractivity contribution in [3.8, 4) is 0 Å². The molecule has 0 aliphatic carbocycles. The van der Waals surface area contributed by atoms with Crippen LogP contribution in [-0.2, 0) is 0 Å². The summed E-state index contributed by atoms with van der Waals surface area (Å²) in [4.78, 5) is 7.06. The molecule has 3 nitrogen and oxygen atoms in total. The van der Waals surface area contributed by atoms with Gasteiger partial charge in [-0.1, -0.05) is 33.8 Å². The van der Waals surface area contributed by atoms with Crippen LogP contribution >= 0.6 is 0 Å². The largest absolute Gasteiger partial charge is 0.353 e. The fourth-order valence-electron chi connectivity index (χ4n) is 2.39. The van der Waals surface area contributed by atoms with Gasteiger partial charge in [0.05, 0.1) is 0 Å². The van der Waals surface area contributed by atoms with Crippen LogP contribution in [0.4, 0.5) is 5.82 Å². The molecule has 0 aliphatic heterocycles. The lowest BCUT2D eigenvalue weighted by molar-refractivity contribution is 0.503. The summed E-state index contributed by atoms with van der Waals surface area (Å²) in [5.41, 5.74) is 6.97. The zero-order valence-electron chi connectivity index (χ0n) is 13.1. The molecular weight excluding hydrogens is 234 g/mol. The first-order valence-corrected chi connectivity index (χ1v) is 7.47. The van der Waals surface area contributed by atoms with Gasteiger partial charge >= 0.3 is 0 Å². The van der Waals surface area contributed by atoms with Gasteiger partial charge in [0, 0.05) is 24.8 Å². The Morgan fingerprint density at radius 1 is 1.16 bits per heavy atom. The number of pyridine rings is 1. The van der Waals surface area contributed by atoms with Gasteiger partial charge in [-0.05, 0) is 37.3 Å². The molecule has 0 fully saturated rings. The van der Waals surface area contributed by atoms with Crippen LogP contribution in [0.3, 0.4) is 0 Å². The summed E-state index contributed by atoms with van der Waals surface area (Å²) in [5.74, 6) is 1.71. The van der Waals surface area contributed by atoms with Gasteiger partial charge in [-0.3, -0.25) is 0 Å². The minimum Gasteiger partial charge on any atom is -0.353 e. The summed E-state index contributed by atoms with van der Waals surface area (Å²) in [7, 11) is 0. The Labute approximate surface area is 118 Å². The molecule has 0 amide bonds. The molecule has 2 N–H and O–H groups in total. The van der Waals surface area contributed by atoms with Crippen molar-refractivity contribution in [2.24, 2.45) is 11.7 Å². The van der Waals surface area contributed by atoms with E-state index in [1.54, 1.807) is 0 Å². The predicted molar refractivity (Wildman–Crippen MR) is 83.4 cm³/mol. The predicted octanol–water partition coefficient (Wildman–Crippen LogP) is 3.75. The van der Waals surface area contributed by atoms with Gasteiger partial charge in [-0.2, -0.15) is 0 Å². The summed E-state index contributed by atoms with van der Waals surface area (Å²) in [6.45, 7) is 12.0. The van der Waals surface area contributed by atoms with Crippen LogP contribution in [0.2, 0.25) is 0 Å². The molecule has 1 aromatic heterocycles. The highest BCUT2D eigenvalue weighted by Gasteiger charge is 2.18.